The van der Waals surface area contributed by atoms with Crippen LogP contribution in [0.4, 0.5) is 9.57 Å². The Labute approximate surface area is 133 Å². The fraction of sp³-hybridized carbons (Fsp3) is 0.333. The summed E-state index contributed by atoms with van der Waals surface area (Å²) in [6, 6.07) is 7.10. The van der Waals surface area contributed by atoms with E-state index in [-0.39, 0.29) is 18.9 Å². The second-order valence-electron chi connectivity index (χ2n) is 5.50. The highest BCUT2D eigenvalue weighted by Crippen LogP contribution is 2.34. The average Bonchev–Trinajstić information content (AvgIpc) is 2.84. The molecule has 23 heavy (non-hydrogen) atoms. The quantitative estimate of drug-likeness (QED) is 0.796. The molecule has 1 unspecified atom stereocenters. The Kier molecular flexibility index (Phi) is 3.93. The maximum Gasteiger partial charge on any atom is 0.302 e. The summed E-state index contributed by atoms with van der Waals surface area (Å²) in [6.45, 7) is 0.140. The van der Waals surface area contributed by atoms with E-state index in [1.807, 2.05) is 6.07 Å². The van der Waals surface area contributed by atoms with Crippen LogP contribution in [0.25, 0.3) is 10.9 Å². The third kappa shape index (κ3) is 3.26. The van der Waals surface area contributed by atoms with Gasteiger partial charge in [-0.2, -0.15) is 8.42 Å². The Bertz CT molecular complexity index is 869. The SMILES string of the molecule is COc1cc(N2CC(CS(=O)(=O)F)CC2=O)c2ncccc2c1. The number of benzene rings is 1. The summed E-state index contributed by atoms with van der Waals surface area (Å²) in [7, 11) is -3.09. The Balaban J connectivity index is 2.01. The van der Waals surface area contributed by atoms with Crippen LogP contribution in [0.3, 0.4) is 0 Å². The number of hydrogen-bond acceptors (Lipinski definition) is 5. The molecule has 1 saturated heterocycles. The first kappa shape index (κ1) is 15.7. The van der Waals surface area contributed by atoms with E-state index in [0.717, 1.165) is 5.39 Å². The fourth-order valence-corrected chi connectivity index (χ4v) is 3.66. The van der Waals surface area contributed by atoms with Gasteiger partial charge in [0.25, 0.3) is 0 Å². The number of halogens is 1. The molecule has 0 spiro atoms. The number of hydrogen-bond donors (Lipinski definition) is 0. The Morgan fingerprint density at radius 3 is 2.91 bits per heavy atom. The smallest absolute Gasteiger partial charge is 0.302 e. The molecule has 0 radical (unpaired) electrons. The molecule has 122 valence electrons. The zero-order chi connectivity index (χ0) is 16.6. The molecule has 1 aromatic heterocycles. The minimum Gasteiger partial charge on any atom is -0.497 e. The predicted octanol–water partition coefficient (Wildman–Crippen LogP) is 1.90. The number of nitrogens with zero attached hydrogens (tertiary/aromatic N) is 2. The van der Waals surface area contributed by atoms with Crippen molar-refractivity contribution in [1.29, 1.82) is 0 Å². The Morgan fingerprint density at radius 2 is 2.22 bits per heavy atom. The van der Waals surface area contributed by atoms with Gasteiger partial charge in [0.2, 0.25) is 5.91 Å². The first-order valence-electron chi connectivity index (χ1n) is 7.03. The van der Waals surface area contributed by atoms with E-state index in [4.69, 9.17) is 4.74 Å². The van der Waals surface area contributed by atoms with Crippen LogP contribution in [-0.4, -0.2) is 38.7 Å². The lowest BCUT2D eigenvalue weighted by atomic mass is 10.1. The van der Waals surface area contributed by atoms with E-state index >= 15 is 0 Å². The second kappa shape index (κ2) is 5.77. The highest BCUT2D eigenvalue weighted by Gasteiger charge is 2.34. The number of methoxy groups -OCH3 is 1. The van der Waals surface area contributed by atoms with E-state index in [1.54, 1.807) is 24.4 Å². The zero-order valence-corrected chi connectivity index (χ0v) is 13.2. The largest absolute Gasteiger partial charge is 0.497 e. The number of pyridine rings is 1. The van der Waals surface area contributed by atoms with Gasteiger partial charge in [-0.3, -0.25) is 9.78 Å². The van der Waals surface area contributed by atoms with Gasteiger partial charge >= 0.3 is 10.2 Å². The average molecular weight is 338 g/mol. The molecule has 1 amide bonds. The molecule has 1 atom stereocenters. The van der Waals surface area contributed by atoms with Gasteiger partial charge < -0.3 is 9.64 Å². The van der Waals surface area contributed by atoms with E-state index in [0.29, 0.717) is 17.0 Å². The molecule has 0 saturated carbocycles. The maximum atomic E-state index is 12.9. The highest BCUT2D eigenvalue weighted by atomic mass is 32.3. The van der Waals surface area contributed by atoms with Crippen molar-refractivity contribution in [2.75, 3.05) is 24.3 Å². The predicted molar refractivity (Wildman–Crippen MR) is 83.6 cm³/mol. The van der Waals surface area contributed by atoms with Crippen molar-refractivity contribution < 1.29 is 21.8 Å². The number of rotatable bonds is 4. The lowest BCUT2D eigenvalue weighted by molar-refractivity contribution is -0.117. The molecular weight excluding hydrogens is 323 g/mol. The molecule has 1 fully saturated rings. The van der Waals surface area contributed by atoms with Crippen LogP contribution in [0.1, 0.15) is 6.42 Å². The normalized spacial score (nSPS) is 18.6. The summed E-state index contributed by atoms with van der Waals surface area (Å²) in [5.74, 6) is -0.902. The number of ether oxygens (including phenoxy) is 1. The second-order valence-corrected chi connectivity index (χ2v) is 6.91. The lowest BCUT2D eigenvalue weighted by Gasteiger charge is -2.19. The van der Waals surface area contributed by atoms with Crippen LogP contribution in [0, 0.1) is 5.92 Å². The van der Waals surface area contributed by atoms with Crippen LogP contribution in [0.2, 0.25) is 0 Å². The molecule has 2 heterocycles. The summed E-state index contributed by atoms with van der Waals surface area (Å²) in [5.41, 5.74) is 1.16. The van der Waals surface area contributed by atoms with Gasteiger partial charge in [0.05, 0.1) is 24.1 Å². The molecule has 0 N–H and O–H groups in total. The molecule has 1 aliphatic heterocycles. The van der Waals surface area contributed by atoms with Crippen molar-refractivity contribution in [2.24, 2.45) is 5.92 Å². The summed E-state index contributed by atoms with van der Waals surface area (Å²) < 4.78 is 39.8. The molecule has 1 aromatic carbocycles. The summed E-state index contributed by atoms with van der Waals surface area (Å²) in [5, 5.41) is 0.802. The third-order valence-corrected chi connectivity index (χ3v) is 4.69. The van der Waals surface area contributed by atoms with Gasteiger partial charge in [-0.1, -0.05) is 6.07 Å². The Hall–Kier alpha value is -2.22. The van der Waals surface area contributed by atoms with Gasteiger partial charge in [-0.25, -0.2) is 0 Å². The summed E-state index contributed by atoms with van der Waals surface area (Å²) in [6.07, 6.45) is 1.61. The first-order chi connectivity index (χ1) is 10.9. The van der Waals surface area contributed by atoms with Gasteiger partial charge in [0, 0.05) is 36.5 Å². The summed E-state index contributed by atoms with van der Waals surface area (Å²) in [4.78, 5) is 18.0. The van der Waals surface area contributed by atoms with Crippen LogP contribution < -0.4 is 9.64 Å². The van der Waals surface area contributed by atoms with Gasteiger partial charge in [-0.15, -0.1) is 3.89 Å². The third-order valence-electron chi connectivity index (χ3n) is 3.82. The minimum atomic E-state index is -4.61. The van der Waals surface area contributed by atoms with Crippen LogP contribution in [0.5, 0.6) is 5.75 Å². The van der Waals surface area contributed by atoms with E-state index in [9.17, 15) is 17.1 Å². The van der Waals surface area contributed by atoms with Crippen molar-refractivity contribution in [3.05, 3.63) is 30.5 Å². The van der Waals surface area contributed by atoms with Gasteiger partial charge in [-0.05, 0) is 12.1 Å². The minimum absolute atomic E-state index is 0.00527. The van der Waals surface area contributed by atoms with E-state index in [1.165, 1.54) is 12.0 Å². The van der Waals surface area contributed by atoms with Crippen LogP contribution >= 0.6 is 0 Å². The molecule has 6 nitrogen and oxygen atoms in total. The molecule has 0 bridgehead atoms. The highest BCUT2D eigenvalue weighted by molar-refractivity contribution is 7.86. The van der Waals surface area contributed by atoms with Crippen LogP contribution in [-0.2, 0) is 15.0 Å². The van der Waals surface area contributed by atoms with E-state index < -0.39 is 21.9 Å². The number of carbonyl (C=O) groups is 1. The Morgan fingerprint density at radius 1 is 1.43 bits per heavy atom. The van der Waals surface area contributed by atoms with E-state index in [2.05, 4.69) is 4.98 Å². The number of amides is 1. The zero-order valence-electron chi connectivity index (χ0n) is 12.4. The topological polar surface area (TPSA) is 76.6 Å². The van der Waals surface area contributed by atoms with Crippen molar-refractivity contribution in [2.45, 2.75) is 6.42 Å². The standard InChI is InChI=1S/C15H15FN2O4S/c1-22-12-6-11-3-2-4-17-15(11)13(7-12)18-8-10(5-14(18)19)9-23(16,20)21/h2-4,6-7,10H,5,8-9H2,1H3. The summed E-state index contributed by atoms with van der Waals surface area (Å²) >= 11 is 0. The lowest BCUT2D eigenvalue weighted by Crippen LogP contribution is -2.25. The maximum absolute atomic E-state index is 12.9. The molecule has 3 rings (SSSR count). The number of fused-ring (bicyclic) bond motifs is 1. The van der Waals surface area contributed by atoms with Crippen molar-refractivity contribution in [3.8, 4) is 5.75 Å². The number of carbonyl (C=O) groups excluding carboxylic acids is 1. The van der Waals surface area contributed by atoms with Gasteiger partial charge in [0.1, 0.15) is 5.75 Å². The van der Waals surface area contributed by atoms with Crippen molar-refractivity contribution in [3.63, 3.8) is 0 Å². The number of anilines is 1. The van der Waals surface area contributed by atoms with Crippen molar-refractivity contribution in [1.82, 2.24) is 4.98 Å². The van der Waals surface area contributed by atoms with Crippen molar-refractivity contribution >= 4 is 32.7 Å². The molecule has 2 aromatic rings. The molecule has 8 heteroatoms. The molecule has 0 aliphatic carbocycles. The number of aromatic nitrogens is 1. The fourth-order valence-electron chi connectivity index (χ4n) is 2.88. The van der Waals surface area contributed by atoms with Crippen LogP contribution in [0.15, 0.2) is 30.5 Å². The first-order valence-corrected chi connectivity index (χ1v) is 8.58. The molecule has 1 aliphatic rings. The van der Waals surface area contributed by atoms with Gasteiger partial charge in [0.15, 0.2) is 0 Å². The monoisotopic (exact) mass is 338 g/mol. The molecular formula is C15H15FN2O4S.